The molecule has 82 valence electrons. The van der Waals surface area contributed by atoms with Gasteiger partial charge in [-0.25, -0.2) is 4.98 Å². The smallest absolute Gasteiger partial charge is 0.295 e. The average molecular weight is 218 g/mol. The van der Waals surface area contributed by atoms with E-state index in [1.165, 1.54) is 6.07 Å². The predicted octanol–water partition coefficient (Wildman–Crippen LogP) is 2.46. The van der Waals surface area contributed by atoms with Crippen molar-refractivity contribution < 1.29 is 9.66 Å². The molecule has 0 bridgehead atoms. The molecule has 5 heteroatoms. The maximum Gasteiger partial charge on any atom is 0.295 e. The fourth-order valence-corrected chi connectivity index (χ4v) is 1.61. The first-order valence-electron chi connectivity index (χ1n) is 4.72. The predicted molar refractivity (Wildman–Crippen MR) is 59.7 cm³/mol. The van der Waals surface area contributed by atoms with E-state index in [0.717, 1.165) is 0 Å². The Hall–Kier alpha value is -2.17. The van der Waals surface area contributed by atoms with Crippen molar-refractivity contribution in [2.75, 3.05) is 7.11 Å². The quantitative estimate of drug-likeness (QED) is 0.573. The van der Waals surface area contributed by atoms with E-state index >= 15 is 0 Å². The van der Waals surface area contributed by atoms with E-state index in [9.17, 15) is 10.1 Å². The van der Waals surface area contributed by atoms with Crippen LogP contribution in [0.3, 0.4) is 0 Å². The van der Waals surface area contributed by atoms with Crippen LogP contribution < -0.4 is 4.74 Å². The van der Waals surface area contributed by atoms with Crippen LogP contribution in [0.5, 0.6) is 5.75 Å². The first-order chi connectivity index (χ1) is 7.63. The molecule has 2 rings (SSSR count). The SMILES string of the molecule is COc1cc2cccc([N+](=O)[O-])c2nc1C. The van der Waals surface area contributed by atoms with E-state index in [0.29, 0.717) is 22.3 Å². The summed E-state index contributed by atoms with van der Waals surface area (Å²) in [5.74, 6) is 0.632. The van der Waals surface area contributed by atoms with E-state index in [-0.39, 0.29) is 5.69 Å². The molecule has 0 radical (unpaired) electrons. The lowest BCUT2D eigenvalue weighted by atomic mass is 10.1. The molecule has 0 saturated carbocycles. The Morgan fingerprint density at radius 2 is 2.19 bits per heavy atom. The molecule has 0 aliphatic carbocycles. The minimum Gasteiger partial charge on any atom is -0.495 e. The van der Waals surface area contributed by atoms with Gasteiger partial charge >= 0.3 is 0 Å². The molecule has 0 amide bonds. The van der Waals surface area contributed by atoms with Crippen LogP contribution in [-0.2, 0) is 0 Å². The summed E-state index contributed by atoms with van der Waals surface area (Å²) in [4.78, 5) is 14.6. The number of fused-ring (bicyclic) bond motifs is 1. The summed E-state index contributed by atoms with van der Waals surface area (Å²) >= 11 is 0. The molecule has 1 aromatic heterocycles. The molecule has 5 nitrogen and oxygen atoms in total. The number of para-hydroxylation sites is 1. The highest BCUT2D eigenvalue weighted by Crippen LogP contribution is 2.28. The van der Waals surface area contributed by atoms with Crippen molar-refractivity contribution >= 4 is 16.6 Å². The van der Waals surface area contributed by atoms with Crippen molar-refractivity contribution in [3.63, 3.8) is 0 Å². The lowest BCUT2D eigenvalue weighted by Crippen LogP contribution is -1.95. The van der Waals surface area contributed by atoms with Crippen molar-refractivity contribution in [1.29, 1.82) is 0 Å². The molecule has 0 spiro atoms. The molecule has 2 aromatic rings. The number of aryl methyl sites for hydroxylation is 1. The van der Waals surface area contributed by atoms with Gasteiger partial charge in [-0.15, -0.1) is 0 Å². The Labute approximate surface area is 91.8 Å². The maximum absolute atomic E-state index is 10.8. The number of methoxy groups -OCH3 is 1. The molecule has 0 fully saturated rings. The molecule has 0 unspecified atom stereocenters. The molecule has 1 heterocycles. The van der Waals surface area contributed by atoms with Gasteiger partial charge in [0, 0.05) is 11.5 Å². The van der Waals surface area contributed by atoms with Crippen molar-refractivity contribution in [1.82, 2.24) is 4.98 Å². The van der Waals surface area contributed by atoms with Crippen LogP contribution in [0.15, 0.2) is 24.3 Å². The summed E-state index contributed by atoms with van der Waals surface area (Å²) < 4.78 is 5.12. The van der Waals surface area contributed by atoms with Gasteiger partial charge in [-0.1, -0.05) is 12.1 Å². The van der Waals surface area contributed by atoms with Crippen LogP contribution in [-0.4, -0.2) is 17.0 Å². The summed E-state index contributed by atoms with van der Waals surface area (Å²) in [5, 5.41) is 11.5. The number of benzene rings is 1. The standard InChI is InChI=1S/C11H10N2O3/c1-7-10(16-2)6-8-4-3-5-9(13(14)15)11(8)12-7/h3-6H,1-2H3. The number of aromatic nitrogens is 1. The topological polar surface area (TPSA) is 65.3 Å². The van der Waals surface area contributed by atoms with Gasteiger partial charge in [-0.3, -0.25) is 10.1 Å². The summed E-state index contributed by atoms with van der Waals surface area (Å²) in [7, 11) is 1.55. The largest absolute Gasteiger partial charge is 0.495 e. The number of hydrogen-bond donors (Lipinski definition) is 0. The molecular formula is C11H10N2O3. The fourth-order valence-electron chi connectivity index (χ4n) is 1.61. The van der Waals surface area contributed by atoms with Crippen molar-refractivity contribution in [3.05, 3.63) is 40.1 Å². The number of pyridine rings is 1. The zero-order chi connectivity index (χ0) is 11.7. The lowest BCUT2D eigenvalue weighted by molar-refractivity contribution is -0.383. The van der Waals surface area contributed by atoms with Crippen LogP contribution in [0, 0.1) is 17.0 Å². The second-order valence-electron chi connectivity index (χ2n) is 3.38. The minimum absolute atomic E-state index is 0.0169. The molecule has 16 heavy (non-hydrogen) atoms. The normalized spacial score (nSPS) is 10.4. The Kier molecular flexibility index (Phi) is 2.44. The Morgan fingerprint density at radius 3 is 2.81 bits per heavy atom. The number of hydrogen-bond acceptors (Lipinski definition) is 4. The Morgan fingerprint density at radius 1 is 1.44 bits per heavy atom. The van der Waals surface area contributed by atoms with E-state index in [1.807, 2.05) is 0 Å². The van der Waals surface area contributed by atoms with Gasteiger partial charge in [0.2, 0.25) is 0 Å². The molecule has 0 atom stereocenters. The zero-order valence-corrected chi connectivity index (χ0v) is 8.93. The number of nitrogens with zero attached hydrogens (tertiary/aromatic N) is 2. The molecule has 0 aliphatic heterocycles. The molecule has 1 aromatic carbocycles. The highest BCUT2D eigenvalue weighted by Gasteiger charge is 2.14. The van der Waals surface area contributed by atoms with Gasteiger partial charge in [0.05, 0.1) is 17.7 Å². The summed E-state index contributed by atoms with van der Waals surface area (Å²) in [6, 6.07) is 6.61. The number of rotatable bonds is 2. The van der Waals surface area contributed by atoms with Gasteiger partial charge in [0.1, 0.15) is 11.3 Å². The second kappa shape index (κ2) is 3.77. The summed E-state index contributed by atoms with van der Waals surface area (Å²) in [6.45, 7) is 1.76. The van der Waals surface area contributed by atoms with Gasteiger partial charge in [0.15, 0.2) is 0 Å². The second-order valence-corrected chi connectivity index (χ2v) is 3.38. The lowest BCUT2D eigenvalue weighted by Gasteiger charge is -2.05. The van der Waals surface area contributed by atoms with E-state index < -0.39 is 4.92 Å². The molecule has 0 N–H and O–H groups in total. The minimum atomic E-state index is -0.429. The molecular weight excluding hydrogens is 208 g/mol. The first-order valence-corrected chi connectivity index (χ1v) is 4.72. The monoisotopic (exact) mass is 218 g/mol. The van der Waals surface area contributed by atoms with Crippen molar-refractivity contribution in [3.8, 4) is 5.75 Å². The van der Waals surface area contributed by atoms with Gasteiger partial charge in [-0.2, -0.15) is 0 Å². The average Bonchev–Trinajstić information content (AvgIpc) is 2.27. The summed E-state index contributed by atoms with van der Waals surface area (Å²) in [5.41, 5.74) is 1.05. The fraction of sp³-hybridized carbons (Fsp3) is 0.182. The molecule has 0 saturated heterocycles. The van der Waals surface area contributed by atoms with Crippen LogP contribution in [0.25, 0.3) is 10.9 Å². The third-order valence-electron chi connectivity index (χ3n) is 2.39. The van der Waals surface area contributed by atoms with Gasteiger partial charge in [0.25, 0.3) is 5.69 Å². The van der Waals surface area contributed by atoms with Crippen LogP contribution >= 0.6 is 0 Å². The third kappa shape index (κ3) is 1.56. The zero-order valence-electron chi connectivity index (χ0n) is 8.93. The molecule has 0 aliphatic rings. The number of ether oxygens (including phenoxy) is 1. The number of nitro groups is 1. The van der Waals surface area contributed by atoms with Crippen LogP contribution in [0.1, 0.15) is 5.69 Å². The van der Waals surface area contributed by atoms with E-state index in [1.54, 1.807) is 32.2 Å². The van der Waals surface area contributed by atoms with Crippen molar-refractivity contribution in [2.24, 2.45) is 0 Å². The summed E-state index contributed by atoms with van der Waals surface area (Å²) in [6.07, 6.45) is 0. The van der Waals surface area contributed by atoms with E-state index in [2.05, 4.69) is 4.98 Å². The van der Waals surface area contributed by atoms with Gasteiger partial charge in [-0.05, 0) is 13.0 Å². The van der Waals surface area contributed by atoms with Gasteiger partial charge < -0.3 is 4.74 Å². The maximum atomic E-state index is 10.8. The Balaban J connectivity index is 2.79. The highest BCUT2D eigenvalue weighted by atomic mass is 16.6. The third-order valence-corrected chi connectivity index (χ3v) is 2.39. The number of nitro benzene ring substituents is 1. The highest BCUT2D eigenvalue weighted by molar-refractivity contribution is 5.88. The van der Waals surface area contributed by atoms with Crippen LogP contribution in [0.2, 0.25) is 0 Å². The van der Waals surface area contributed by atoms with Crippen LogP contribution in [0.4, 0.5) is 5.69 Å². The number of non-ortho nitro benzene ring substituents is 1. The van der Waals surface area contributed by atoms with Crippen molar-refractivity contribution in [2.45, 2.75) is 6.92 Å². The first kappa shape index (κ1) is 10.4. The van der Waals surface area contributed by atoms with E-state index in [4.69, 9.17) is 4.74 Å². The Bertz CT molecular complexity index is 566.